The van der Waals surface area contributed by atoms with E-state index < -0.39 is 14.6 Å². The zero-order valence-corrected chi connectivity index (χ0v) is 10.3. The monoisotopic (exact) mass is 256 g/mol. The minimum atomic E-state index is -3.53. The van der Waals surface area contributed by atoms with Crippen LogP contribution in [0.4, 0.5) is 0 Å². The summed E-state index contributed by atoms with van der Waals surface area (Å²) in [6.45, 7) is -0.337. The molecule has 0 bridgehead atoms. The van der Waals surface area contributed by atoms with Crippen molar-refractivity contribution in [2.45, 2.75) is 35.3 Å². The van der Waals surface area contributed by atoms with Crippen LogP contribution in [0.5, 0.6) is 5.75 Å². The minimum Gasteiger partial charge on any atom is -0.508 e. The topological polar surface area (TPSA) is 74.6 Å². The van der Waals surface area contributed by atoms with Crippen molar-refractivity contribution in [2.24, 2.45) is 0 Å². The van der Waals surface area contributed by atoms with Gasteiger partial charge in [0.1, 0.15) is 5.75 Å². The van der Waals surface area contributed by atoms with Crippen molar-refractivity contribution in [1.29, 1.82) is 0 Å². The lowest BCUT2D eigenvalue weighted by molar-refractivity contribution is 0.242. The van der Waals surface area contributed by atoms with E-state index >= 15 is 0 Å². The SMILES string of the molecule is O=S(=O)(c1ccc(O)cc1)C1(CO)CCCC1. The molecule has 1 aromatic carbocycles. The molecule has 17 heavy (non-hydrogen) atoms. The fraction of sp³-hybridized carbons (Fsp3) is 0.500. The Morgan fingerprint density at radius 2 is 1.65 bits per heavy atom. The molecular formula is C12H16O4S. The van der Waals surface area contributed by atoms with Gasteiger partial charge in [-0.25, -0.2) is 8.42 Å². The van der Waals surface area contributed by atoms with Gasteiger partial charge >= 0.3 is 0 Å². The first-order chi connectivity index (χ1) is 8.02. The van der Waals surface area contributed by atoms with Gasteiger partial charge in [0.15, 0.2) is 9.84 Å². The van der Waals surface area contributed by atoms with Gasteiger partial charge in [0, 0.05) is 0 Å². The summed E-state index contributed by atoms with van der Waals surface area (Å²) >= 11 is 0. The highest BCUT2D eigenvalue weighted by atomic mass is 32.2. The largest absolute Gasteiger partial charge is 0.508 e. The molecule has 0 unspecified atom stereocenters. The summed E-state index contributed by atoms with van der Waals surface area (Å²) in [7, 11) is -3.53. The molecule has 1 aromatic rings. The molecule has 1 fully saturated rings. The third-order valence-electron chi connectivity index (χ3n) is 3.52. The molecule has 1 aliphatic carbocycles. The van der Waals surface area contributed by atoms with Crippen molar-refractivity contribution < 1.29 is 18.6 Å². The first-order valence-corrected chi connectivity index (χ1v) is 7.15. The maximum Gasteiger partial charge on any atom is 0.186 e. The summed E-state index contributed by atoms with van der Waals surface area (Å²) in [6, 6.07) is 5.49. The Hall–Kier alpha value is -1.07. The van der Waals surface area contributed by atoms with Crippen molar-refractivity contribution in [3.63, 3.8) is 0 Å². The Morgan fingerprint density at radius 3 is 2.12 bits per heavy atom. The lowest BCUT2D eigenvalue weighted by Crippen LogP contribution is -2.39. The fourth-order valence-electron chi connectivity index (χ4n) is 2.41. The van der Waals surface area contributed by atoms with Gasteiger partial charge in [-0.3, -0.25) is 0 Å². The van der Waals surface area contributed by atoms with Crippen LogP contribution in [-0.4, -0.2) is 30.0 Å². The molecule has 0 spiro atoms. The minimum absolute atomic E-state index is 0.0356. The molecule has 0 saturated heterocycles. The van der Waals surface area contributed by atoms with E-state index in [1.165, 1.54) is 24.3 Å². The summed E-state index contributed by atoms with van der Waals surface area (Å²) < 4.78 is 23.9. The molecule has 2 N–H and O–H groups in total. The van der Waals surface area contributed by atoms with Gasteiger partial charge in [-0.1, -0.05) is 12.8 Å². The molecule has 94 valence electrons. The second-order valence-electron chi connectivity index (χ2n) is 4.55. The Kier molecular flexibility index (Phi) is 3.14. The highest BCUT2D eigenvalue weighted by Gasteiger charge is 2.46. The molecule has 1 saturated carbocycles. The number of aromatic hydroxyl groups is 1. The van der Waals surface area contributed by atoms with Crippen LogP contribution in [0.25, 0.3) is 0 Å². The average molecular weight is 256 g/mol. The van der Waals surface area contributed by atoms with Crippen LogP contribution in [0.15, 0.2) is 29.2 Å². The number of aliphatic hydroxyl groups excluding tert-OH is 1. The number of hydrogen-bond acceptors (Lipinski definition) is 4. The van der Waals surface area contributed by atoms with Gasteiger partial charge in [-0.2, -0.15) is 0 Å². The lowest BCUT2D eigenvalue weighted by Gasteiger charge is -2.26. The van der Waals surface area contributed by atoms with Crippen molar-refractivity contribution in [2.75, 3.05) is 6.61 Å². The van der Waals surface area contributed by atoms with Crippen LogP contribution in [0.3, 0.4) is 0 Å². The van der Waals surface area contributed by atoms with Gasteiger partial charge in [0.2, 0.25) is 0 Å². The molecule has 0 heterocycles. The summed E-state index contributed by atoms with van der Waals surface area (Å²) in [6.07, 6.45) is 2.68. The van der Waals surface area contributed by atoms with E-state index in [9.17, 15) is 13.5 Å². The van der Waals surface area contributed by atoms with Gasteiger partial charge in [-0.05, 0) is 37.1 Å². The lowest BCUT2D eigenvalue weighted by atomic mass is 10.1. The molecule has 1 aliphatic rings. The zero-order valence-electron chi connectivity index (χ0n) is 9.46. The fourth-order valence-corrected chi connectivity index (χ4v) is 4.40. The third-order valence-corrected chi connectivity index (χ3v) is 6.09. The van der Waals surface area contributed by atoms with Gasteiger partial charge in [0.05, 0.1) is 16.2 Å². The Labute approximate surface area is 101 Å². The summed E-state index contributed by atoms with van der Waals surface area (Å²) in [5.41, 5.74) is 0. The highest BCUT2D eigenvalue weighted by molar-refractivity contribution is 7.92. The van der Waals surface area contributed by atoms with E-state index in [0.29, 0.717) is 12.8 Å². The maximum atomic E-state index is 12.5. The summed E-state index contributed by atoms with van der Waals surface area (Å²) in [5, 5.41) is 18.6. The molecule has 0 atom stereocenters. The number of rotatable bonds is 3. The Balaban J connectivity index is 2.45. The number of benzene rings is 1. The van der Waals surface area contributed by atoms with E-state index in [-0.39, 0.29) is 17.3 Å². The number of phenolic OH excluding ortho intramolecular Hbond substituents is 1. The van der Waals surface area contributed by atoms with Crippen LogP contribution < -0.4 is 0 Å². The molecule has 4 nitrogen and oxygen atoms in total. The maximum absolute atomic E-state index is 12.5. The summed E-state index contributed by atoms with van der Waals surface area (Å²) in [5.74, 6) is 0.0356. The first kappa shape index (κ1) is 12.4. The van der Waals surface area contributed by atoms with Crippen LogP contribution in [0.2, 0.25) is 0 Å². The molecule has 0 aliphatic heterocycles. The van der Waals surface area contributed by atoms with E-state index in [2.05, 4.69) is 0 Å². The predicted molar refractivity (Wildman–Crippen MR) is 63.6 cm³/mol. The van der Waals surface area contributed by atoms with Crippen LogP contribution >= 0.6 is 0 Å². The zero-order chi connectivity index (χ0) is 12.5. The van der Waals surface area contributed by atoms with Crippen LogP contribution in [0.1, 0.15) is 25.7 Å². The van der Waals surface area contributed by atoms with E-state index in [1.807, 2.05) is 0 Å². The smallest absolute Gasteiger partial charge is 0.186 e. The van der Waals surface area contributed by atoms with E-state index in [1.54, 1.807) is 0 Å². The van der Waals surface area contributed by atoms with Gasteiger partial charge in [0.25, 0.3) is 0 Å². The molecule has 0 radical (unpaired) electrons. The van der Waals surface area contributed by atoms with Gasteiger partial charge in [-0.15, -0.1) is 0 Å². The standard InChI is InChI=1S/C12H16O4S/c13-9-12(7-1-2-8-12)17(15,16)11-5-3-10(14)4-6-11/h3-6,13-14H,1-2,7-9H2. The highest BCUT2D eigenvalue weighted by Crippen LogP contribution is 2.40. The third kappa shape index (κ3) is 1.93. The summed E-state index contributed by atoms with van der Waals surface area (Å²) in [4.78, 5) is 0.172. The van der Waals surface area contributed by atoms with Crippen molar-refractivity contribution >= 4 is 9.84 Å². The predicted octanol–water partition coefficient (Wildman–Crippen LogP) is 1.47. The number of phenols is 1. The Morgan fingerprint density at radius 1 is 1.12 bits per heavy atom. The molecule has 2 rings (SSSR count). The van der Waals surface area contributed by atoms with Crippen molar-refractivity contribution in [3.8, 4) is 5.75 Å². The molecule has 5 heteroatoms. The number of hydrogen-bond donors (Lipinski definition) is 2. The molecule has 0 amide bonds. The van der Waals surface area contributed by atoms with Gasteiger partial charge < -0.3 is 10.2 Å². The Bertz CT molecular complexity index is 484. The van der Waals surface area contributed by atoms with Crippen LogP contribution in [-0.2, 0) is 9.84 Å². The molecule has 0 aromatic heterocycles. The molecular weight excluding hydrogens is 240 g/mol. The quantitative estimate of drug-likeness (QED) is 0.858. The van der Waals surface area contributed by atoms with Crippen molar-refractivity contribution in [3.05, 3.63) is 24.3 Å². The second-order valence-corrected chi connectivity index (χ2v) is 6.89. The first-order valence-electron chi connectivity index (χ1n) is 5.66. The second kappa shape index (κ2) is 4.31. The normalized spacial score (nSPS) is 19.4. The van der Waals surface area contributed by atoms with Crippen molar-refractivity contribution in [1.82, 2.24) is 0 Å². The number of sulfone groups is 1. The average Bonchev–Trinajstić information content (AvgIpc) is 2.79. The number of aliphatic hydroxyl groups is 1. The van der Waals surface area contributed by atoms with Crippen LogP contribution in [0, 0.1) is 0 Å². The van der Waals surface area contributed by atoms with E-state index in [0.717, 1.165) is 12.8 Å². The van der Waals surface area contributed by atoms with E-state index in [4.69, 9.17) is 5.11 Å².